The van der Waals surface area contributed by atoms with E-state index in [0.717, 1.165) is 18.2 Å². The second-order valence-corrected chi connectivity index (χ2v) is 5.04. The van der Waals surface area contributed by atoms with Crippen molar-refractivity contribution >= 4 is 5.91 Å². The monoisotopic (exact) mass is 293 g/mol. The Bertz CT molecular complexity index is 657. The molecule has 1 aliphatic heterocycles. The Balaban J connectivity index is 1.96. The standard InChI is InChI=1S/C15H13F2NO3/c16-10-1-2-13(17)12(5-10)14-6-11(19)7-18(14)15(20)9-3-4-21-8-9/h1-5,8,11,14,19H,6-7H2. The molecule has 0 radical (unpaired) electrons. The van der Waals surface area contributed by atoms with E-state index in [1.165, 1.54) is 23.5 Å². The largest absolute Gasteiger partial charge is 0.472 e. The minimum absolute atomic E-state index is 0.0726. The van der Waals surface area contributed by atoms with Gasteiger partial charge in [0.1, 0.15) is 17.9 Å². The number of nitrogens with zero attached hydrogens (tertiary/aromatic N) is 1. The molecule has 0 aliphatic carbocycles. The highest BCUT2D eigenvalue weighted by molar-refractivity contribution is 5.94. The zero-order valence-corrected chi connectivity index (χ0v) is 11.0. The molecular weight excluding hydrogens is 280 g/mol. The van der Waals surface area contributed by atoms with Gasteiger partial charge in [0.2, 0.25) is 0 Å². The average Bonchev–Trinajstić information content (AvgIpc) is 3.10. The average molecular weight is 293 g/mol. The van der Waals surface area contributed by atoms with Crippen LogP contribution in [0.5, 0.6) is 0 Å². The van der Waals surface area contributed by atoms with Crippen molar-refractivity contribution in [3.05, 3.63) is 59.6 Å². The Labute approximate surface area is 119 Å². The number of hydrogen-bond acceptors (Lipinski definition) is 3. The van der Waals surface area contributed by atoms with Crippen molar-refractivity contribution in [3.8, 4) is 0 Å². The molecule has 1 fully saturated rings. The van der Waals surface area contributed by atoms with Crippen LogP contribution in [0.2, 0.25) is 0 Å². The zero-order chi connectivity index (χ0) is 15.0. The molecule has 1 saturated heterocycles. The van der Waals surface area contributed by atoms with Crippen LogP contribution in [0.15, 0.2) is 41.2 Å². The summed E-state index contributed by atoms with van der Waals surface area (Å²) in [6.45, 7) is 0.0740. The summed E-state index contributed by atoms with van der Waals surface area (Å²) < 4.78 is 32.1. The Morgan fingerprint density at radius 3 is 2.86 bits per heavy atom. The van der Waals surface area contributed by atoms with Crippen molar-refractivity contribution in [1.82, 2.24) is 4.90 Å². The van der Waals surface area contributed by atoms with Gasteiger partial charge in [0.05, 0.1) is 24.0 Å². The number of carbonyl (C=O) groups excluding carboxylic acids is 1. The van der Waals surface area contributed by atoms with Crippen LogP contribution in [0.1, 0.15) is 28.4 Å². The molecular formula is C15H13F2NO3. The third-order valence-electron chi connectivity index (χ3n) is 3.63. The molecule has 0 spiro atoms. The predicted molar refractivity (Wildman–Crippen MR) is 69.5 cm³/mol. The lowest BCUT2D eigenvalue weighted by Crippen LogP contribution is -2.31. The number of likely N-dealkylation sites (tertiary alicyclic amines) is 1. The molecule has 2 heterocycles. The predicted octanol–water partition coefficient (Wildman–Crippen LogP) is 2.51. The fourth-order valence-corrected chi connectivity index (χ4v) is 2.66. The highest BCUT2D eigenvalue weighted by Crippen LogP contribution is 2.35. The van der Waals surface area contributed by atoms with Crippen molar-refractivity contribution in [1.29, 1.82) is 0 Å². The quantitative estimate of drug-likeness (QED) is 0.925. The van der Waals surface area contributed by atoms with E-state index in [4.69, 9.17) is 4.42 Å². The maximum Gasteiger partial charge on any atom is 0.257 e. The smallest absolute Gasteiger partial charge is 0.257 e. The van der Waals surface area contributed by atoms with Crippen molar-refractivity contribution in [2.24, 2.45) is 0 Å². The van der Waals surface area contributed by atoms with Crippen molar-refractivity contribution in [2.45, 2.75) is 18.6 Å². The summed E-state index contributed by atoms with van der Waals surface area (Å²) in [5.74, 6) is -1.56. The lowest BCUT2D eigenvalue weighted by Gasteiger charge is -2.24. The first kappa shape index (κ1) is 13.8. The minimum Gasteiger partial charge on any atom is -0.472 e. The van der Waals surface area contributed by atoms with Gasteiger partial charge < -0.3 is 14.4 Å². The number of hydrogen-bond donors (Lipinski definition) is 1. The normalized spacial score (nSPS) is 21.8. The molecule has 1 amide bonds. The van der Waals surface area contributed by atoms with Gasteiger partial charge in [-0.2, -0.15) is 0 Å². The number of halogens is 2. The fraction of sp³-hybridized carbons (Fsp3) is 0.267. The minimum atomic E-state index is -0.770. The Kier molecular flexibility index (Phi) is 3.47. The second-order valence-electron chi connectivity index (χ2n) is 5.04. The maximum absolute atomic E-state index is 13.9. The molecule has 21 heavy (non-hydrogen) atoms. The zero-order valence-electron chi connectivity index (χ0n) is 11.0. The number of rotatable bonds is 2. The summed E-state index contributed by atoms with van der Waals surface area (Å²) in [5.41, 5.74) is 0.384. The molecule has 2 atom stereocenters. The second kappa shape index (κ2) is 5.29. The Morgan fingerprint density at radius 1 is 1.33 bits per heavy atom. The first-order valence-corrected chi connectivity index (χ1v) is 6.52. The molecule has 4 nitrogen and oxygen atoms in total. The Morgan fingerprint density at radius 2 is 2.14 bits per heavy atom. The summed E-state index contributed by atoms with van der Waals surface area (Å²) in [4.78, 5) is 13.7. The van der Waals surface area contributed by atoms with Crippen molar-refractivity contribution in [3.63, 3.8) is 0 Å². The molecule has 1 N–H and O–H groups in total. The molecule has 2 aromatic rings. The van der Waals surface area contributed by atoms with Gasteiger partial charge in [-0.15, -0.1) is 0 Å². The van der Waals surface area contributed by atoms with Crippen LogP contribution in [-0.4, -0.2) is 28.6 Å². The van der Waals surface area contributed by atoms with Crippen LogP contribution in [-0.2, 0) is 0 Å². The van der Waals surface area contributed by atoms with Gasteiger partial charge in [-0.1, -0.05) is 0 Å². The Hall–Kier alpha value is -2.21. The molecule has 1 aromatic heterocycles. The van der Waals surface area contributed by atoms with Crippen LogP contribution in [0.3, 0.4) is 0 Å². The topological polar surface area (TPSA) is 53.7 Å². The van der Waals surface area contributed by atoms with E-state index in [9.17, 15) is 18.7 Å². The molecule has 3 rings (SSSR count). The number of benzene rings is 1. The number of amides is 1. The molecule has 1 aliphatic rings. The van der Waals surface area contributed by atoms with Crippen LogP contribution < -0.4 is 0 Å². The maximum atomic E-state index is 13.9. The van der Waals surface area contributed by atoms with Crippen LogP contribution in [0, 0.1) is 11.6 Å². The number of carbonyl (C=O) groups is 1. The van der Waals surface area contributed by atoms with Crippen LogP contribution in [0.25, 0.3) is 0 Å². The van der Waals surface area contributed by atoms with E-state index >= 15 is 0 Å². The molecule has 6 heteroatoms. The van der Waals surface area contributed by atoms with E-state index in [1.807, 2.05) is 0 Å². The molecule has 0 bridgehead atoms. The summed E-state index contributed by atoms with van der Waals surface area (Å²) in [6, 6.07) is 3.90. The first-order valence-electron chi connectivity index (χ1n) is 6.52. The molecule has 0 saturated carbocycles. The summed E-state index contributed by atoms with van der Waals surface area (Å²) >= 11 is 0. The lowest BCUT2D eigenvalue weighted by atomic mass is 10.0. The van der Waals surface area contributed by atoms with Gasteiger partial charge in [-0.3, -0.25) is 4.79 Å². The fourth-order valence-electron chi connectivity index (χ4n) is 2.66. The lowest BCUT2D eigenvalue weighted by molar-refractivity contribution is 0.0713. The summed E-state index contributed by atoms with van der Waals surface area (Å²) in [5, 5.41) is 9.80. The van der Waals surface area contributed by atoms with Gasteiger partial charge in [0.15, 0.2) is 0 Å². The van der Waals surface area contributed by atoms with Gasteiger partial charge in [0, 0.05) is 12.1 Å². The SMILES string of the molecule is O=C(c1ccoc1)N1CC(O)CC1c1cc(F)ccc1F. The summed E-state index contributed by atoms with van der Waals surface area (Å²) in [7, 11) is 0. The number of aliphatic hydroxyl groups is 1. The highest BCUT2D eigenvalue weighted by Gasteiger charge is 2.37. The number of β-amino-alcohol motifs (C(OH)–C–C–N with tert-alkyl or cyclic N) is 1. The van der Waals surface area contributed by atoms with Crippen molar-refractivity contribution in [2.75, 3.05) is 6.54 Å². The van der Waals surface area contributed by atoms with E-state index in [1.54, 1.807) is 0 Å². The summed E-state index contributed by atoms with van der Waals surface area (Å²) in [6.07, 6.45) is 2.04. The molecule has 110 valence electrons. The number of aliphatic hydroxyl groups excluding tert-OH is 1. The van der Waals surface area contributed by atoms with E-state index in [-0.39, 0.29) is 24.4 Å². The van der Waals surface area contributed by atoms with Gasteiger partial charge >= 0.3 is 0 Å². The van der Waals surface area contributed by atoms with Crippen LogP contribution >= 0.6 is 0 Å². The van der Waals surface area contributed by atoms with Crippen molar-refractivity contribution < 1.29 is 23.1 Å². The van der Waals surface area contributed by atoms with E-state index < -0.39 is 23.8 Å². The van der Waals surface area contributed by atoms with E-state index in [0.29, 0.717) is 5.56 Å². The highest BCUT2D eigenvalue weighted by atomic mass is 19.1. The van der Waals surface area contributed by atoms with Gasteiger partial charge in [-0.05, 0) is 30.7 Å². The molecule has 1 aromatic carbocycles. The van der Waals surface area contributed by atoms with Gasteiger partial charge in [0.25, 0.3) is 5.91 Å². The number of furan rings is 1. The van der Waals surface area contributed by atoms with Crippen LogP contribution in [0.4, 0.5) is 8.78 Å². The van der Waals surface area contributed by atoms with Gasteiger partial charge in [-0.25, -0.2) is 8.78 Å². The van der Waals surface area contributed by atoms with E-state index in [2.05, 4.69) is 0 Å². The third-order valence-corrected chi connectivity index (χ3v) is 3.63. The third kappa shape index (κ3) is 2.54. The first-order chi connectivity index (χ1) is 10.1. The molecule has 2 unspecified atom stereocenters.